The van der Waals surface area contributed by atoms with Gasteiger partial charge in [-0.2, -0.15) is 0 Å². The van der Waals surface area contributed by atoms with Gasteiger partial charge in [0.2, 0.25) is 0 Å². The highest BCUT2D eigenvalue weighted by atomic mass is 16.6. The Morgan fingerprint density at radius 2 is 2.12 bits per heavy atom. The first kappa shape index (κ1) is 10.8. The Hall–Kier alpha value is -1.71. The van der Waals surface area contributed by atoms with E-state index < -0.39 is 5.60 Å². The Morgan fingerprint density at radius 1 is 1.44 bits per heavy atom. The molecule has 0 bridgehead atoms. The molecule has 0 atom stereocenters. The van der Waals surface area contributed by atoms with Crippen molar-refractivity contribution >= 4 is 6.09 Å². The van der Waals surface area contributed by atoms with Gasteiger partial charge in [0.1, 0.15) is 11.4 Å². The summed E-state index contributed by atoms with van der Waals surface area (Å²) < 4.78 is 5.24. The first-order chi connectivity index (χ1) is 7.37. The summed E-state index contributed by atoms with van der Waals surface area (Å²) in [4.78, 5) is 13.2. The minimum atomic E-state index is -0.500. The van der Waals surface area contributed by atoms with Gasteiger partial charge in [0.25, 0.3) is 0 Å². The van der Waals surface area contributed by atoms with E-state index in [9.17, 15) is 9.90 Å². The third-order valence-electron chi connectivity index (χ3n) is 2.32. The number of ether oxygens (including phenoxy) is 1. The van der Waals surface area contributed by atoms with Gasteiger partial charge in [0, 0.05) is 11.8 Å². The van der Waals surface area contributed by atoms with E-state index in [0.29, 0.717) is 12.1 Å². The van der Waals surface area contributed by atoms with Crippen LogP contribution in [0.25, 0.3) is 0 Å². The molecule has 0 unspecified atom stereocenters. The van der Waals surface area contributed by atoms with E-state index >= 15 is 0 Å². The van der Waals surface area contributed by atoms with Crippen molar-refractivity contribution < 1.29 is 14.6 Å². The zero-order valence-corrected chi connectivity index (χ0v) is 9.65. The lowest BCUT2D eigenvalue weighted by atomic mass is 10.2. The van der Waals surface area contributed by atoms with Crippen LogP contribution < -0.4 is 0 Å². The fourth-order valence-electron chi connectivity index (χ4n) is 1.63. The lowest BCUT2D eigenvalue weighted by Gasteiger charge is -2.23. The van der Waals surface area contributed by atoms with Crippen molar-refractivity contribution in [3.8, 4) is 0 Å². The van der Waals surface area contributed by atoms with Gasteiger partial charge in [0.15, 0.2) is 0 Å². The molecular formula is C12H15NO3. The van der Waals surface area contributed by atoms with E-state index in [1.54, 1.807) is 12.3 Å². The summed E-state index contributed by atoms with van der Waals surface area (Å²) >= 11 is 0. The standard InChI is InChI=1S/C12H15NO3/c1-12(2,3)16-11(15)13-6-8-4-5-10(14)9(8)7-13/h4-5,7,14H,6H2,1-3H3. The highest BCUT2D eigenvalue weighted by molar-refractivity contribution is 5.73. The molecule has 0 aromatic rings. The van der Waals surface area contributed by atoms with Crippen molar-refractivity contribution in [3.63, 3.8) is 0 Å². The van der Waals surface area contributed by atoms with Crippen LogP contribution in [0.15, 0.2) is 35.3 Å². The summed E-state index contributed by atoms with van der Waals surface area (Å²) in [5, 5.41) is 9.49. The fraction of sp³-hybridized carbons (Fsp3) is 0.417. The zero-order chi connectivity index (χ0) is 11.9. The van der Waals surface area contributed by atoms with Crippen LogP contribution in [0.2, 0.25) is 0 Å². The van der Waals surface area contributed by atoms with E-state index in [1.807, 2.05) is 26.8 Å². The second kappa shape index (κ2) is 3.40. The number of aliphatic hydroxyl groups excluding tert-OH is 1. The molecule has 0 spiro atoms. The van der Waals surface area contributed by atoms with Gasteiger partial charge in [-0.1, -0.05) is 6.08 Å². The van der Waals surface area contributed by atoms with Gasteiger partial charge >= 0.3 is 6.09 Å². The number of hydrogen-bond donors (Lipinski definition) is 1. The summed E-state index contributed by atoms with van der Waals surface area (Å²) in [5.41, 5.74) is 1.16. The van der Waals surface area contributed by atoms with Crippen molar-refractivity contribution in [3.05, 3.63) is 35.3 Å². The molecule has 0 saturated heterocycles. The van der Waals surface area contributed by atoms with E-state index in [1.165, 1.54) is 4.90 Å². The highest BCUT2D eigenvalue weighted by Gasteiger charge is 2.30. The number of aliphatic hydroxyl groups is 1. The molecule has 0 aromatic carbocycles. The van der Waals surface area contributed by atoms with Crippen LogP contribution in [0.5, 0.6) is 0 Å². The Morgan fingerprint density at radius 3 is 2.69 bits per heavy atom. The number of rotatable bonds is 0. The van der Waals surface area contributed by atoms with Crippen LogP contribution in [0.1, 0.15) is 20.8 Å². The molecule has 0 radical (unpaired) electrons. The van der Waals surface area contributed by atoms with Gasteiger partial charge in [-0.25, -0.2) is 4.79 Å². The van der Waals surface area contributed by atoms with Gasteiger partial charge in [-0.15, -0.1) is 0 Å². The SMILES string of the molecule is CC(C)(C)OC(=O)N1C=C2C(O)=CC=C2C1. The number of carbonyl (C=O) groups excluding carboxylic acids is 1. The Labute approximate surface area is 94.5 Å². The lowest BCUT2D eigenvalue weighted by molar-refractivity contribution is 0.0357. The molecule has 1 heterocycles. The minimum Gasteiger partial charge on any atom is -0.507 e. The van der Waals surface area contributed by atoms with Gasteiger partial charge in [-0.05, 0) is 32.4 Å². The van der Waals surface area contributed by atoms with E-state index in [2.05, 4.69) is 0 Å². The number of hydrogen-bond acceptors (Lipinski definition) is 3. The Bertz CT molecular complexity index is 424. The molecule has 1 aliphatic carbocycles. The molecule has 1 N–H and O–H groups in total. The molecular weight excluding hydrogens is 206 g/mol. The minimum absolute atomic E-state index is 0.209. The topological polar surface area (TPSA) is 49.8 Å². The van der Waals surface area contributed by atoms with Crippen molar-refractivity contribution in [2.75, 3.05) is 6.54 Å². The molecule has 1 amide bonds. The maximum atomic E-state index is 11.7. The van der Waals surface area contributed by atoms with Crippen LogP contribution in [0.4, 0.5) is 4.79 Å². The van der Waals surface area contributed by atoms with E-state index in [0.717, 1.165) is 5.57 Å². The van der Waals surface area contributed by atoms with Crippen LogP contribution >= 0.6 is 0 Å². The van der Waals surface area contributed by atoms with Crippen molar-refractivity contribution in [1.29, 1.82) is 0 Å². The molecule has 0 saturated carbocycles. The molecule has 2 rings (SSSR count). The first-order valence-corrected chi connectivity index (χ1v) is 5.19. The van der Waals surface area contributed by atoms with Crippen molar-refractivity contribution in [1.82, 2.24) is 4.90 Å². The number of carbonyl (C=O) groups is 1. The molecule has 1 aliphatic heterocycles. The maximum Gasteiger partial charge on any atom is 0.414 e. The fourth-order valence-corrected chi connectivity index (χ4v) is 1.63. The molecule has 0 fully saturated rings. The zero-order valence-electron chi connectivity index (χ0n) is 9.65. The predicted molar refractivity (Wildman–Crippen MR) is 59.8 cm³/mol. The smallest absolute Gasteiger partial charge is 0.414 e. The summed E-state index contributed by atoms with van der Waals surface area (Å²) in [6.45, 7) is 5.94. The molecule has 4 heteroatoms. The van der Waals surface area contributed by atoms with Crippen LogP contribution in [-0.4, -0.2) is 28.2 Å². The number of amides is 1. The average Bonchev–Trinajstić information content (AvgIpc) is 2.65. The van der Waals surface area contributed by atoms with E-state index in [4.69, 9.17) is 4.74 Å². The third-order valence-corrected chi connectivity index (χ3v) is 2.32. The molecule has 86 valence electrons. The largest absolute Gasteiger partial charge is 0.507 e. The van der Waals surface area contributed by atoms with Crippen LogP contribution in [0, 0.1) is 0 Å². The molecule has 2 aliphatic rings. The molecule has 16 heavy (non-hydrogen) atoms. The highest BCUT2D eigenvalue weighted by Crippen LogP contribution is 2.31. The van der Waals surface area contributed by atoms with Crippen molar-refractivity contribution in [2.24, 2.45) is 0 Å². The third kappa shape index (κ3) is 1.96. The number of fused-ring (bicyclic) bond motifs is 1. The summed E-state index contributed by atoms with van der Waals surface area (Å²) in [7, 11) is 0. The second-order valence-corrected chi connectivity index (χ2v) is 4.89. The maximum absolute atomic E-state index is 11.7. The normalized spacial score (nSPS) is 18.9. The Kier molecular flexibility index (Phi) is 2.30. The predicted octanol–water partition coefficient (Wildman–Crippen LogP) is 2.50. The molecule has 4 nitrogen and oxygen atoms in total. The summed E-state index contributed by atoms with van der Waals surface area (Å²) in [5.74, 6) is 0.209. The van der Waals surface area contributed by atoms with Gasteiger partial charge in [-0.3, -0.25) is 4.90 Å². The molecule has 0 aromatic heterocycles. The summed E-state index contributed by atoms with van der Waals surface area (Å²) in [6, 6.07) is 0. The van der Waals surface area contributed by atoms with Crippen LogP contribution in [0.3, 0.4) is 0 Å². The lowest BCUT2D eigenvalue weighted by Crippen LogP contribution is -2.32. The number of nitrogens with zero attached hydrogens (tertiary/aromatic N) is 1. The Balaban J connectivity index is 2.08. The van der Waals surface area contributed by atoms with Gasteiger partial charge in [0.05, 0.1) is 6.54 Å². The first-order valence-electron chi connectivity index (χ1n) is 5.19. The van der Waals surface area contributed by atoms with Crippen LogP contribution in [-0.2, 0) is 4.74 Å². The van der Waals surface area contributed by atoms with E-state index in [-0.39, 0.29) is 11.9 Å². The second-order valence-electron chi connectivity index (χ2n) is 4.89. The average molecular weight is 221 g/mol. The number of allylic oxidation sites excluding steroid dienone is 3. The van der Waals surface area contributed by atoms with Crippen molar-refractivity contribution in [2.45, 2.75) is 26.4 Å². The monoisotopic (exact) mass is 221 g/mol. The van der Waals surface area contributed by atoms with Gasteiger partial charge < -0.3 is 9.84 Å². The quantitative estimate of drug-likeness (QED) is 0.683. The summed E-state index contributed by atoms with van der Waals surface area (Å²) in [6.07, 6.45) is 4.68.